The molecule has 21 heavy (non-hydrogen) atoms. The van der Waals surface area contributed by atoms with Gasteiger partial charge in [-0.3, -0.25) is 0 Å². The first kappa shape index (κ1) is 16.8. The van der Waals surface area contributed by atoms with Gasteiger partial charge in [-0.05, 0) is 24.2 Å². The molecule has 0 heterocycles. The van der Waals surface area contributed by atoms with Crippen LogP contribution in [0.3, 0.4) is 0 Å². The van der Waals surface area contributed by atoms with Gasteiger partial charge in [0.25, 0.3) is 0 Å². The molecule has 3 unspecified atom stereocenters. The van der Waals surface area contributed by atoms with Crippen LogP contribution < -0.4 is 5.32 Å². The van der Waals surface area contributed by atoms with Crippen LogP contribution in [0.25, 0.3) is 0 Å². The Labute approximate surface area is 132 Å². The van der Waals surface area contributed by atoms with Gasteiger partial charge < -0.3 is 15.2 Å². The van der Waals surface area contributed by atoms with Crippen LogP contribution in [0, 0.1) is 0 Å². The average Bonchev–Trinajstić information content (AvgIpc) is 2.94. The molecule has 0 aliphatic heterocycles. The van der Waals surface area contributed by atoms with Crippen LogP contribution in [0.15, 0.2) is 30.3 Å². The number of aliphatic hydroxyl groups is 1. The first-order valence-electron chi connectivity index (χ1n) is 7.94. The molecule has 1 fully saturated rings. The Hall–Kier alpha value is -0.550. The van der Waals surface area contributed by atoms with Crippen molar-refractivity contribution in [2.75, 3.05) is 18.9 Å². The molecule has 1 aromatic carbocycles. The fourth-order valence-corrected chi connectivity index (χ4v) is 4.03. The number of hydrogen-bond donors (Lipinski definition) is 2. The Morgan fingerprint density at radius 1 is 1.33 bits per heavy atom. The van der Waals surface area contributed by atoms with E-state index in [4.69, 9.17) is 4.74 Å². The number of ether oxygens (including phenoxy) is 1. The summed E-state index contributed by atoms with van der Waals surface area (Å²) in [6.45, 7) is 3.79. The van der Waals surface area contributed by atoms with Crippen molar-refractivity contribution >= 4 is 11.8 Å². The molecule has 2 N–H and O–H groups in total. The van der Waals surface area contributed by atoms with E-state index in [2.05, 4.69) is 12.2 Å². The molecular weight excluding hydrogens is 282 g/mol. The van der Waals surface area contributed by atoms with Gasteiger partial charge >= 0.3 is 0 Å². The minimum absolute atomic E-state index is 0.389. The zero-order valence-electron chi connectivity index (χ0n) is 12.8. The maximum atomic E-state index is 10.0. The topological polar surface area (TPSA) is 41.5 Å². The van der Waals surface area contributed by atoms with Crippen LogP contribution >= 0.6 is 11.8 Å². The lowest BCUT2D eigenvalue weighted by atomic mass is 10.2. The zero-order chi connectivity index (χ0) is 14.9. The van der Waals surface area contributed by atoms with Crippen LogP contribution in [0.4, 0.5) is 0 Å². The van der Waals surface area contributed by atoms with Gasteiger partial charge in [0.2, 0.25) is 0 Å². The lowest BCUT2D eigenvalue weighted by Crippen LogP contribution is -2.40. The van der Waals surface area contributed by atoms with Gasteiger partial charge in [-0.15, -0.1) is 0 Å². The molecule has 0 bridgehead atoms. The quantitative estimate of drug-likeness (QED) is 0.736. The van der Waals surface area contributed by atoms with Crippen LogP contribution in [0.5, 0.6) is 0 Å². The van der Waals surface area contributed by atoms with E-state index < -0.39 is 6.10 Å². The third kappa shape index (κ3) is 5.99. The normalized spacial score (nSPS) is 23.3. The van der Waals surface area contributed by atoms with Gasteiger partial charge in [0.1, 0.15) is 0 Å². The molecule has 2 rings (SSSR count). The maximum absolute atomic E-state index is 10.0. The first-order chi connectivity index (χ1) is 10.3. The number of thioether (sulfide) groups is 1. The fourth-order valence-electron chi connectivity index (χ4n) is 2.81. The maximum Gasteiger partial charge on any atom is 0.0897 e. The van der Waals surface area contributed by atoms with Gasteiger partial charge in [0, 0.05) is 17.8 Å². The lowest BCUT2D eigenvalue weighted by molar-refractivity contribution is 0.0277. The van der Waals surface area contributed by atoms with E-state index in [0.717, 1.165) is 5.56 Å². The van der Waals surface area contributed by atoms with Crippen molar-refractivity contribution < 1.29 is 9.84 Å². The highest BCUT2D eigenvalue weighted by atomic mass is 32.2. The van der Waals surface area contributed by atoms with Gasteiger partial charge in [0.15, 0.2) is 0 Å². The lowest BCUT2D eigenvalue weighted by Gasteiger charge is -2.22. The Kier molecular flexibility index (Phi) is 7.58. The summed E-state index contributed by atoms with van der Waals surface area (Å²) in [5.74, 6) is 1.17. The van der Waals surface area contributed by atoms with Crippen LogP contribution in [0.1, 0.15) is 31.7 Å². The Morgan fingerprint density at radius 3 is 2.90 bits per heavy atom. The molecule has 3 atom stereocenters. The SMILES string of the molecule is CCSC1CCCC1NCC(O)COCc1ccccc1. The number of hydrogen-bond acceptors (Lipinski definition) is 4. The molecule has 0 saturated heterocycles. The largest absolute Gasteiger partial charge is 0.389 e. The number of nitrogens with one attached hydrogen (secondary N) is 1. The van der Waals surface area contributed by atoms with Crippen LogP contribution in [-0.4, -0.2) is 41.4 Å². The van der Waals surface area contributed by atoms with E-state index in [-0.39, 0.29) is 0 Å². The summed E-state index contributed by atoms with van der Waals surface area (Å²) in [4.78, 5) is 0. The van der Waals surface area contributed by atoms with Crippen molar-refractivity contribution in [3.8, 4) is 0 Å². The van der Waals surface area contributed by atoms with Crippen molar-refractivity contribution in [2.45, 2.75) is 50.2 Å². The standard InChI is InChI=1S/C17H27NO2S/c1-2-21-17-10-6-9-16(17)18-11-15(19)13-20-12-14-7-4-3-5-8-14/h3-5,7-8,15-19H,2,6,9-13H2,1H3. The van der Waals surface area contributed by atoms with Crippen molar-refractivity contribution in [3.63, 3.8) is 0 Å². The van der Waals surface area contributed by atoms with Crippen molar-refractivity contribution in [3.05, 3.63) is 35.9 Å². The van der Waals surface area contributed by atoms with Crippen LogP contribution in [0.2, 0.25) is 0 Å². The van der Waals surface area contributed by atoms with Crippen molar-refractivity contribution in [1.29, 1.82) is 0 Å². The molecule has 0 aromatic heterocycles. The van der Waals surface area contributed by atoms with Crippen molar-refractivity contribution in [1.82, 2.24) is 5.32 Å². The van der Waals surface area contributed by atoms with E-state index >= 15 is 0 Å². The van der Waals surface area contributed by atoms with E-state index in [1.165, 1.54) is 25.0 Å². The summed E-state index contributed by atoms with van der Waals surface area (Å²) in [5, 5.41) is 14.2. The highest BCUT2D eigenvalue weighted by molar-refractivity contribution is 7.99. The second-order valence-electron chi connectivity index (χ2n) is 5.59. The van der Waals surface area contributed by atoms with Gasteiger partial charge in [-0.1, -0.05) is 43.7 Å². The molecule has 4 heteroatoms. The summed E-state index contributed by atoms with van der Waals surface area (Å²) < 4.78 is 5.58. The number of aliphatic hydroxyl groups excluding tert-OH is 1. The van der Waals surface area contributed by atoms with E-state index in [1.807, 2.05) is 42.1 Å². The average molecular weight is 309 g/mol. The summed E-state index contributed by atoms with van der Waals surface area (Å²) in [6, 6.07) is 10.6. The highest BCUT2D eigenvalue weighted by Gasteiger charge is 2.26. The van der Waals surface area contributed by atoms with E-state index in [0.29, 0.717) is 31.1 Å². The van der Waals surface area contributed by atoms with Gasteiger partial charge in [-0.25, -0.2) is 0 Å². The molecular formula is C17H27NO2S. The number of rotatable bonds is 9. The fraction of sp³-hybridized carbons (Fsp3) is 0.647. The summed E-state index contributed by atoms with van der Waals surface area (Å²) >= 11 is 2.04. The van der Waals surface area contributed by atoms with Crippen LogP contribution in [-0.2, 0) is 11.3 Å². The summed E-state index contributed by atoms with van der Waals surface area (Å²) in [7, 11) is 0. The predicted octanol–water partition coefficient (Wildman–Crippen LogP) is 2.83. The van der Waals surface area contributed by atoms with Gasteiger partial charge in [0.05, 0.1) is 19.3 Å². The minimum atomic E-state index is -0.429. The molecule has 3 nitrogen and oxygen atoms in total. The molecule has 118 valence electrons. The second-order valence-corrected chi connectivity index (χ2v) is 7.11. The second kappa shape index (κ2) is 9.46. The molecule has 1 aliphatic carbocycles. The van der Waals surface area contributed by atoms with E-state index in [9.17, 15) is 5.11 Å². The monoisotopic (exact) mass is 309 g/mol. The summed E-state index contributed by atoms with van der Waals surface area (Å²) in [5.41, 5.74) is 1.15. The Morgan fingerprint density at radius 2 is 2.14 bits per heavy atom. The minimum Gasteiger partial charge on any atom is -0.389 e. The smallest absolute Gasteiger partial charge is 0.0897 e. The molecule has 1 saturated carbocycles. The molecule has 1 aliphatic rings. The predicted molar refractivity (Wildman–Crippen MR) is 89.7 cm³/mol. The highest BCUT2D eigenvalue weighted by Crippen LogP contribution is 2.29. The number of benzene rings is 1. The van der Waals surface area contributed by atoms with Crippen molar-refractivity contribution in [2.24, 2.45) is 0 Å². The third-order valence-corrected chi connectivity index (χ3v) is 5.20. The van der Waals surface area contributed by atoms with Gasteiger partial charge in [-0.2, -0.15) is 11.8 Å². The van der Waals surface area contributed by atoms with E-state index in [1.54, 1.807) is 0 Å². The Bertz CT molecular complexity index is 388. The molecule has 0 spiro atoms. The molecule has 0 amide bonds. The first-order valence-corrected chi connectivity index (χ1v) is 8.99. The summed E-state index contributed by atoms with van der Waals surface area (Å²) in [6.07, 6.45) is 3.41. The third-order valence-electron chi connectivity index (χ3n) is 3.87. The zero-order valence-corrected chi connectivity index (χ0v) is 13.6. The molecule has 0 radical (unpaired) electrons. The Balaban J connectivity index is 1.60. The molecule has 1 aromatic rings.